The zero-order valence-corrected chi connectivity index (χ0v) is 16.5. The van der Waals surface area contributed by atoms with E-state index < -0.39 is 0 Å². The second-order valence-electron chi connectivity index (χ2n) is 7.17. The Kier molecular flexibility index (Phi) is 5.42. The molecule has 0 amide bonds. The minimum absolute atomic E-state index is 0.673. The Morgan fingerprint density at radius 3 is 2.71 bits per heavy atom. The van der Waals surface area contributed by atoms with Crippen LogP contribution in [0.25, 0.3) is 11.5 Å². The molecule has 5 heteroatoms. The van der Waals surface area contributed by atoms with Gasteiger partial charge in [0, 0.05) is 38.7 Å². The van der Waals surface area contributed by atoms with Crippen LogP contribution in [0.15, 0.2) is 64.2 Å². The zero-order valence-electron chi connectivity index (χ0n) is 16.5. The van der Waals surface area contributed by atoms with Gasteiger partial charge < -0.3 is 14.6 Å². The third-order valence-corrected chi connectivity index (χ3v) is 5.16. The molecule has 0 saturated carbocycles. The Balaban J connectivity index is 1.33. The van der Waals surface area contributed by atoms with E-state index in [0.717, 1.165) is 49.7 Å². The molecule has 2 heterocycles. The summed E-state index contributed by atoms with van der Waals surface area (Å²) in [6.07, 6.45) is 3.59. The van der Waals surface area contributed by atoms with Gasteiger partial charge in [0.15, 0.2) is 5.96 Å². The first-order valence-electron chi connectivity index (χ1n) is 9.77. The normalized spacial score (nSPS) is 14.1. The Bertz CT molecular complexity index is 959. The van der Waals surface area contributed by atoms with Crippen LogP contribution in [0, 0.1) is 6.92 Å². The van der Waals surface area contributed by atoms with E-state index in [2.05, 4.69) is 63.5 Å². The van der Waals surface area contributed by atoms with Crippen LogP contribution in [-0.2, 0) is 19.4 Å². The van der Waals surface area contributed by atoms with E-state index in [1.807, 2.05) is 19.2 Å². The number of aromatic nitrogens is 1. The molecule has 0 saturated heterocycles. The molecule has 1 aliphatic heterocycles. The first-order chi connectivity index (χ1) is 13.7. The van der Waals surface area contributed by atoms with Gasteiger partial charge in [-0.2, -0.15) is 0 Å². The van der Waals surface area contributed by atoms with Gasteiger partial charge in [-0.05, 0) is 36.6 Å². The van der Waals surface area contributed by atoms with Crippen molar-refractivity contribution in [3.8, 4) is 11.5 Å². The maximum absolute atomic E-state index is 5.65. The number of benzene rings is 2. The summed E-state index contributed by atoms with van der Waals surface area (Å²) in [5.74, 6) is 1.61. The molecule has 28 heavy (non-hydrogen) atoms. The van der Waals surface area contributed by atoms with Gasteiger partial charge in [0.25, 0.3) is 0 Å². The lowest BCUT2D eigenvalue weighted by molar-refractivity contribution is 0.379. The van der Waals surface area contributed by atoms with Crippen molar-refractivity contribution in [3.05, 3.63) is 77.2 Å². The average Bonchev–Trinajstić information content (AvgIpc) is 3.20. The molecule has 0 unspecified atom stereocenters. The number of rotatable bonds is 4. The van der Waals surface area contributed by atoms with E-state index in [1.54, 1.807) is 6.26 Å². The highest BCUT2D eigenvalue weighted by molar-refractivity contribution is 5.80. The monoisotopic (exact) mass is 374 g/mol. The highest BCUT2D eigenvalue weighted by Crippen LogP contribution is 2.20. The summed E-state index contributed by atoms with van der Waals surface area (Å²) in [7, 11) is 1.84. The fourth-order valence-corrected chi connectivity index (χ4v) is 3.56. The smallest absolute Gasteiger partial charge is 0.226 e. The van der Waals surface area contributed by atoms with Gasteiger partial charge in [-0.15, -0.1) is 0 Å². The molecule has 0 radical (unpaired) electrons. The van der Waals surface area contributed by atoms with Crippen molar-refractivity contribution < 1.29 is 4.42 Å². The third kappa shape index (κ3) is 4.09. The van der Waals surface area contributed by atoms with E-state index >= 15 is 0 Å². The largest absolute Gasteiger partial charge is 0.444 e. The fraction of sp³-hybridized carbons (Fsp3) is 0.304. The van der Waals surface area contributed by atoms with Crippen LogP contribution in [0.3, 0.4) is 0 Å². The lowest BCUT2D eigenvalue weighted by Crippen LogP contribution is -2.44. The molecule has 0 fully saturated rings. The highest BCUT2D eigenvalue weighted by Gasteiger charge is 2.18. The topological polar surface area (TPSA) is 53.7 Å². The predicted octanol–water partition coefficient (Wildman–Crippen LogP) is 3.83. The van der Waals surface area contributed by atoms with Crippen molar-refractivity contribution in [2.75, 3.05) is 20.1 Å². The minimum atomic E-state index is 0.673. The number of oxazole rings is 1. The Labute approximate surface area is 166 Å². The summed E-state index contributed by atoms with van der Waals surface area (Å²) >= 11 is 0. The predicted molar refractivity (Wildman–Crippen MR) is 112 cm³/mol. The van der Waals surface area contributed by atoms with Crippen molar-refractivity contribution >= 4 is 5.96 Å². The Morgan fingerprint density at radius 2 is 1.93 bits per heavy atom. The summed E-state index contributed by atoms with van der Waals surface area (Å²) in [4.78, 5) is 11.4. The van der Waals surface area contributed by atoms with E-state index in [-0.39, 0.29) is 0 Å². The molecule has 0 atom stereocenters. The maximum atomic E-state index is 5.65. The van der Waals surface area contributed by atoms with Crippen LogP contribution >= 0.6 is 0 Å². The number of guanidine groups is 1. The van der Waals surface area contributed by atoms with E-state index in [0.29, 0.717) is 5.89 Å². The molecule has 144 valence electrons. The van der Waals surface area contributed by atoms with Crippen LogP contribution in [0.5, 0.6) is 0 Å². The molecule has 1 N–H and O–H groups in total. The number of hydrogen-bond donors (Lipinski definition) is 1. The van der Waals surface area contributed by atoms with Crippen molar-refractivity contribution in [3.63, 3.8) is 0 Å². The SMILES string of the molecule is CN=C(NCCc1coc(-c2ccc(C)cc2)n1)N1CCc2ccccc2C1. The van der Waals surface area contributed by atoms with Gasteiger partial charge in [-0.3, -0.25) is 4.99 Å². The molecule has 0 bridgehead atoms. The molecule has 4 rings (SSSR count). The van der Waals surface area contributed by atoms with Gasteiger partial charge in [0.05, 0.1) is 5.69 Å². The fourth-order valence-electron chi connectivity index (χ4n) is 3.56. The van der Waals surface area contributed by atoms with Crippen molar-refractivity contribution in [1.29, 1.82) is 0 Å². The molecule has 3 aromatic rings. The van der Waals surface area contributed by atoms with E-state index in [1.165, 1.54) is 16.7 Å². The van der Waals surface area contributed by atoms with Crippen molar-refractivity contribution in [2.24, 2.45) is 4.99 Å². The van der Waals surface area contributed by atoms with Crippen LogP contribution < -0.4 is 5.32 Å². The quantitative estimate of drug-likeness (QED) is 0.557. The number of nitrogens with one attached hydrogen (secondary N) is 1. The first kappa shape index (κ1) is 18.3. The van der Waals surface area contributed by atoms with Crippen LogP contribution in [-0.4, -0.2) is 36.0 Å². The summed E-state index contributed by atoms with van der Waals surface area (Å²) < 4.78 is 5.65. The standard InChI is InChI=1S/C23H26N4O/c1-17-7-9-19(10-8-17)22-26-21(16-28-22)11-13-25-23(24-2)27-14-12-18-5-3-4-6-20(18)15-27/h3-10,16H,11-15H2,1-2H3,(H,24,25). The number of hydrogen-bond acceptors (Lipinski definition) is 3. The lowest BCUT2D eigenvalue weighted by atomic mass is 10.0. The molecule has 5 nitrogen and oxygen atoms in total. The van der Waals surface area contributed by atoms with Crippen molar-refractivity contribution in [2.45, 2.75) is 26.3 Å². The zero-order chi connectivity index (χ0) is 19.3. The number of aliphatic imine (C=N–C) groups is 1. The Morgan fingerprint density at radius 1 is 1.14 bits per heavy atom. The Hall–Kier alpha value is -3.08. The molecular weight excluding hydrogens is 348 g/mol. The summed E-state index contributed by atoms with van der Waals surface area (Å²) in [5, 5.41) is 3.47. The number of aryl methyl sites for hydroxylation is 1. The maximum Gasteiger partial charge on any atom is 0.226 e. The second-order valence-corrected chi connectivity index (χ2v) is 7.17. The molecule has 2 aromatic carbocycles. The average molecular weight is 374 g/mol. The highest BCUT2D eigenvalue weighted by atomic mass is 16.3. The van der Waals surface area contributed by atoms with Crippen LogP contribution in [0.1, 0.15) is 22.4 Å². The van der Waals surface area contributed by atoms with Gasteiger partial charge in [0.2, 0.25) is 5.89 Å². The minimum Gasteiger partial charge on any atom is -0.444 e. The van der Waals surface area contributed by atoms with Crippen LogP contribution in [0.2, 0.25) is 0 Å². The van der Waals surface area contributed by atoms with Gasteiger partial charge >= 0.3 is 0 Å². The molecular formula is C23H26N4O. The molecule has 1 aromatic heterocycles. The molecule has 0 spiro atoms. The summed E-state index contributed by atoms with van der Waals surface area (Å²) in [6.45, 7) is 4.73. The number of nitrogens with zero attached hydrogens (tertiary/aromatic N) is 3. The first-order valence-corrected chi connectivity index (χ1v) is 9.77. The summed E-state index contributed by atoms with van der Waals surface area (Å²) in [6, 6.07) is 16.9. The number of fused-ring (bicyclic) bond motifs is 1. The third-order valence-electron chi connectivity index (χ3n) is 5.16. The molecule has 1 aliphatic rings. The lowest BCUT2D eigenvalue weighted by Gasteiger charge is -2.31. The van der Waals surface area contributed by atoms with Gasteiger partial charge in [0.1, 0.15) is 6.26 Å². The van der Waals surface area contributed by atoms with Crippen molar-refractivity contribution in [1.82, 2.24) is 15.2 Å². The van der Waals surface area contributed by atoms with E-state index in [9.17, 15) is 0 Å². The van der Waals surface area contributed by atoms with Crippen LogP contribution in [0.4, 0.5) is 0 Å². The van der Waals surface area contributed by atoms with Gasteiger partial charge in [-0.25, -0.2) is 4.98 Å². The second kappa shape index (κ2) is 8.30. The summed E-state index contributed by atoms with van der Waals surface area (Å²) in [5.41, 5.74) is 6.01. The van der Waals surface area contributed by atoms with E-state index in [4.69, 9.17) is 4.42 Å². The van der Waals surface area contributed by atoms with Gasteiger partial charge in [-0.1, -0.05) is 42.0 Å². The molecule has 0 aliphatic carbocycles.